The average molecular weight is 214 g/mol. The van der Waals surface area contributed by atoms with Gasteiger partial charge in [-0.1, -0.05) is 6.07 Å². The van der Waals surface area contributed by atoms with Crippen LogP contribution in [0.3, 0.4) is 0 Å². The number of aliphatic imine (C=N–C) groups is 1. The number of aromatic nitrogens is 1. The molecule has 0 aliphatic heterocycles. The number of pyridine rings is 1. The van der Waals surface area contributed by atoms with E-state index in [1.54, 1.807) is 18.3 Å². The quantitative estimate of drug-likeness (QED) is 0.703. The lowest BCUT2D eigenvalue weighted by Gasteiger charge is -1.99. The van der Waals surface area contributed by atoms with E-state index in [1.165, 1.54) is 12.1 Å². The number of hydrogen-bond donors (Lipinski definition) is 0. The maximum Gasteiger partial charge on any atom is 0.123 e. The third-order valence-electron chi connectivity index (χ3n) is 2.16. The highest BCUT2D eigenvalue weighted by Crippen LogP contribution is 2.13. The maximum absolute atomic E-state index is 12.7. The first-order chi connectivity index (χ1) is 7.75. The second-order valence-electron chi connectivity index (χ2n) is 3.39. The summed E-state index contributed by atoms with van der Waals surface area (Å²) in [5.74, 6) is -0.255. The third-order valence-corrected chi connectivity index (χ3v) is 2.16. The van der Waals surface area contributed by atoms with E-state index >= 15 is 0 Å². The molecule has 0 saturated carbocycles. The van der Waals surface area contributed by atoms with Crippen LogP contribution in [-0.4, -0.2) is 10.7 Å². The van der Waals surface area contributed by atoms with Gasteiger partial charge < -0.3 is 0 Å². The fourth-order valence-corrected chi connectivity index (χ4v) is 1.34. The van der Waals surface area contributed by atoms with Gasteiger partial charge in [0.05, 0.1) is 17.1 Å². The van der Waals surface area contributed by atoms with Gasteiger partial charge in [-0.15, -0.1) is 0 Å². The molecular weight excluding hydrogens is 203 g/mol. The van der Waals surface area contributed by atoms with E-state index in [0.717, 1.165) is 17.1 Å². The molecule has 1 heterocycles. The first-order valence-corrected chi connectivity index (χ1v) is 4.98. The van der Waals surface area contributed by atoms with Crippen molar-refractivity contribution in [2.75, 3.05) is 0 Å². The smallest absolute Gasteiger partial charge is 0.123 e. The van der Waals surface area contributed by atoms with Crippen LogP contribution in [0.25, 0.3) is 0 Å². The second kappa shape index (κ2) is 4.66. The molecule has 0 unspecified atom stereocenters. The monoisotopic (exact) mass is 214 g/mol. The molecule has 0 fully saturated rings. The fourth-order valence-electron chi connectivity index (χ4n) is 1.34. The molecule has 0 aliphatic carbocycles. The Labute approximate surface area is 93.5 Å². The third kappa shape index (κ3) is 2.51. The first kappa shape index (κ1) is 10.5. The predicted molar refractivity (Wildman–Crippen MR) is 62.5 cm³/mol. The van der Waals surface area contributed by atoms with Crippen LogP contribution in [-0.2, 0) is 0 Å². The van der Waals surface area contributed by atoms with Crippen LogP contribution in [0, 0.1) is 5.82 Å². The van der Waals surface area contributed by atoms with E-state index in [-0.39, 0.29) is 5.82 Å². The van der Waals surface area contributed by atoms with Gasteiger partial charge in [-0.2, -0.15) is 0 Å². The van der Waals surface area contributed by atoms with Crippen molar-refractivity contribution in [1.82, 2.24) is 4.98 Å². The molecule has 0 radical (unpaired) electrons. The minimum absolute atomic E-state index is 0.255. The van der Waals surface area contributed by atoms with Gasteiger partial charge in [0.2, 0.25) is 0 Å². The molecular formula is C13H11FN2. The van der Waals surface area contributed by atoms with Gasteiger partial charge in [0.25, 0.3) is 0 Å². The number of rotatable bonds is 2. The molecule has 1 aromatic carbocycles. The molecule has 0 atom stereocenters. The maximum atomic E-state index is 12.7. The molecule has 2 nitrogen and oxygen atoms in total. The van der Waals surface area contributed by atoms with Gasteiger partial charge >= 0.3 is 0 Å². The number of hydrogen-bond acceptors (Lipinski definition) is 2. The highest BCUT2D eigenvalue weighted by atomic mass is 19.1. The molecule has 0 aliphatic rings. The van der Waals surface area contributed by atoms with Crippen LogP contribution in [0.5, 0.6) is 0 Å². The highest BCUT2D eigenvalue weighted by molar-refractivity contribution is 5.98. The summed E-state index contributed by atoms with van der Waals surface area (Å²) in [7, 11) is 0. The van der Waals surface area contributed by atoms with Gasteiger partial charge in [0, 0.05) is 6.20 Å². The number of benzene rings is 1. The van der Waals surface area contributed by atoms with E-state index < -0.39 is 0 Å². The minimum atomic E-state index is -0.255. The summed E-state index contributed by atoms with van der Waals surface area (Å²) in [6.07, 6.45) is 1.72. The summed E-state index contributed by atoms with van der Waals surface area (Å²) in [6.45, 7) is 1.88. The second-order valence-corrected chi connectivity index (χ2v) is 3.39. The Kier molecular flexibility index (Phi) is 3.05. The van der Waals surface area contributed by atoms with Crippen LogP contribution in [0.1, 0.15) is 12.6 Å². The summed E-state index contributed by atoms with van der Waals surface area (Å²) in [5.41, 5.74) is 2.36. The van der Waals surface area contributed by atoms with Gasteiger partial charge in [0.15, 0.2) is 0 Å². The lowest BCUT2D eigenvalue weighted by molar-refractivity contribution is 0.628. The Morgan fingerprint density at radius 1 is 1.12 bits per heavy atom. The molecule has 0 N–H and O–H groups in total. The van der Waals surface area contributed by atoms with Crippen molar-refractivity contribution in [2.24, 2.45) is 4.99 Å². The van der Waals surface area contributed by atoms with Crippen LogP contribution < -0.4 is 0 Å². The van der Waals surface area contributed by atoms with Gasteiger partial charge in [-0.25, -0.2) is 4.39 Å². The van der Waals surface area contributed by atoms with Crippen molar-refractivity contribution in [3.05, 3.63) is 60.2 Å². The van der Waals surface area contributed by atoms with Crippen LogP contribution in [0.15, 0.2) is 53.7 Å². The zero-order valence-electron chi connectivity index (χ0n) is 8.89. The summed E-state index contributed by atoms with van der Waals surface area (Å²) in [6, 6.07) is 11.7. The van der Waals surface area contributed by atoms with Crippen molar-refractivity contribution in [1.29, 1.82) is 0 Å². The Balaban J connectivity index is 2.28. The molecule has 0 saturated heterocycles. The number of nitrogens with zero attached hydrogens (tertiary/aromatic N) is 2. The zero-order valence-corrected chi connectivity index (χ0v) is 8.89. The molecule has 3 heteroatoms. The Morgan fingerprint density at radius 2 is 1.88 bits per heavy atom. The fraction of sp³-hybridized carbons (Fsp3) is 0.0769. The molecule has 80 valence electrons. The zero-order chi connectivity index (χ0) is 11.4. The minimum Gasteiger partial charge on any atom is -0.255 e. The molecule has 2 aromatic rings. The predicted octanol–water partition coefficient (Wildman–Crippen LogP) is 3.36. The van der Waals surface area contributed by atoms with Gasteiger partial charge in [-0.05, 0) is 43.3 Å². The van der Waals surface area contributed by atoms with E-state index in [4.69, 9.17) is 0 Å². The van der Waals surface area contributed by atoms with Gasteiger partial charge in [0.1, 0.15) is 5.82 Å². The number of halogens is 1. The lowest BCUT2D eigenvalue weighted by Crippen LogP contribution is -1.96. The van der Waals surface area contributed by atoms with Crippen molar-refractivity contribution >= 4 is 11.4 Å². The van der Waals surface area contributed by atoms with Crippen molar-refractivity contribution in [3.63, 3.8) is 0 Å². The molecule has 0 spiro atoms. The Hall–Kier alpha value is -2.03. The Morgan fingerprint density at radius 3 is 2.50 bits per heavy atom. The van der Waals surface area contributed by atoms with Crippen LogP contribution in [0.4, 0.5) is 10.1 Å². The molecule has 2 rings (SSSR count). The molecule has 0 bridgehead atoms. The summed E-state index contributed by atoms with van der Waals surface area (Å²) in [5, 5.41) is 0. The van der Waals surface area contributed by atoms with Crippen molar-refractivity contribution in [2.45, 2.75) is 6.92 Å². The molecule has 0 amide bonds. The van der Waals surface area contributed by atoms with Crippen molar-refractivity contribution in [3.8, 4) is 0 Å². The lowest BCUT2D eigenvalue weighted by atomic mass is 10.2. The first-order valence-electron chi connectivity index (χ1n) is 4.98. The van der Waals surface area contributed by atoms with Crippen LogP contribution in [0.2, 0.25) is 0 Å². The van der Waals surface area contributed by atoms with Crippen molar-refractivity contribution < 1.29 is 4.39 Å². The topological polar surface area (TPSA) is 25.2 Å². The highest BCUT2D eigenvalue weighted by Gasteiger charge is 1.98. The largest absolute Gasteiger partial charge is 0.255 e. The molecule has 1 aromatic heterocycles. The summed E-state index contributed by atoms with van der Waals surface area (Å²) >= 11 is 0. The SMILES string of the molecule is CC(=Nc1ccc(F)cc1)c1ccccn1. The van der Waals surface area contributed by atoms with Crippen LogP contribution >= 0.6 is 0 Å². The summed E-state index contributed by atoms with van der Waals surface area (Å²) < 4.78 is 12.7. The standard InChI is InChI=1S/C13H11FN2/c1-10(13-4-2-3-9-15-13)16-12-7-5-11(14)6-8-12/h2-9H,1H3. The average Bonchev–Trinajstić information content (AvgIpc) is 2.33. The van der Waals surface area contributed by atoms with E-state index in [0.29, 0.717) is 0 Å². The molecule has 16 heavy (non-hydrogen) atoms. The normalized spacial score (nSPS) is 11.5. The Bertz CT molecular complexity index is 489. The summed E-state index contributed by atoms with van der Waals surface area (Å²) in [4.78, 5) is 8.55. The van der Waals surface area contributed by atoms with E-state index in [9.17, 15) is 4.39 Å². The van der Waals surface area contributed by atoms with E-state index in [1.807, 2.05) is 25.1 Å². The van der Waals surface area contributed by atoms with Gasteiger partial charge in [-0.3, -0.25) is 9.98 Å². The van der Waals surface area contributed by atoms with E-state index in [2.05, 4.69) is 9.98 Å².